The van der Waals surface area contributed by atoms with E-state index in [1.165, 1.54) is 12.4 Å². The summed E-state index contributed by atoms with van der Waals surface area (Å²) in [5, 5.41) is 11.4. The first-order valence-electron chi connectivity index (χ1n) is 9.50. The van der Waals surface area contributed by atoms with Gasteiger partial charge in [-0.3, -0.25) is 9.59 Å². The maximum absolute atomic E-state index is 13.0. The number of pyridine rings is 2. The van der Waals surface area contributed by atoms with E-state index < -0.39 is 31.3 Å². The molecule has 1 aliphatic heterocycles. The molecule has 1 atom stereocenters. The summed E-state index contributed by atoms with van der Waals surface area (Å²) >= 11 is 0. The molecule has 2 amide bonds. The van der Waals surface area contributed by atoms with Crippen LogP contribution in [0.5, 0.6) is 5.88 Å². The van der Waals surface area contributed by atoms with E-state index in [2.05, 4.69) is 15.3 Å². The number of nitrogens with one attached hydrogen (secondary N) is 1. The summed E-state index contributed by atoms with van der Waals surface area (Å²) in [6.07, 6.45) is -1.15. The average molecular weight is 438 g/mol. The Hall–Kier alpha value is -3.21. The second-order valence-electron chi connectivity index (χ2n) is 7.04. The fraction of sp³-hybridized carbons (Fsp3) is 0.400. The lowest BCUT2D eigenvalue weighted by Gasteiger charge is -2.27. The van der Waals surface area contributed by atoms with Crippen LogP contribution >= 0.6 is 0 Å². The first-order valence-corrected chi connectivity index (χ1v) is 9.50. The first-order chi connectivity index (χ1) is 14.6. The molecule has 3 rings (SSSR count). The monoisotopic (exact) mass is 438 g/mol. The number of hydrogen-bond donors (Lipinski definition) is 2. The van der Waals surface area contributed by atoms with Gasteiger partial charge in [0.25, 0.3) is 11.8 Å². The van der Waals surface area contributed by atoms with Crippen LogP contribution in [0.4, 0.5) is 19.0 Å². The molecule has 0 aromatic carbocycles. The van der Waals surface area contributed by atoms with Gasteiger partial charge in [-0.25, -0.2) is 9.97 Å². The molecule has 2 N–H and O–H groups in total. The molecule has 8 nitrogen and oxygen atoms in total. The van der Waals surface area contributed by atoms with Gasteiger partial charge in [-0.05, 0) is 31.0 Å². The quantitative estimate of drug-likeness (QED) is 0.689. The molecule has 0 fully saturated rings. The third-order valence-corrected chi connectivity index (χ3v) is 4.85. The van der Waals surface area contributed by atoms with Crippen LogP contribution in [0.15, 0.2) is 24.5 Å². The maximum atomic E-state index is 13.0. The Bertz CT molecular complexity index is 997. The number of carbonyl (C=O) groups is 2. The third-order valence-electron chi connectivity index (χ3n) is 4.85. The number of carbonyl (C=O) groups excluding carboxylic acids is 2. The van der Waals surface area contributed by atoms with Crippen molar-refractivity contribution < 1.29 is 32.6 Å². The van der Waals surface area contributed by atoms with E-state index in [1.807, 2.05) is 6.92 Å². The topological polar surface area (TPSA) is 105 Å². The molecular formula is C20H21F3N4O4. The van der Waals surface area contributed by atoms with Crippen molar-refractivity contribution in [3.05, 3.63) is 46.8 Å². The molecule has 0 radical (unpaired) electrons. The Balaban J connectivity index is 1.84. The molecule has 166 valence electrons. The summed E-state index contributed by atoms with van der Waals surface area (Å²) in [4.78, 5) is 34.2. The number of aryl methyl sites for hydroxylation is 1. The van der Waals surface area contributed by atoms with Crippen molar-refractivity contribution in [2.75, 3.05) is 18.5 Å². The summed E-state index contributed by atoms with van der Waals surface area (Å²) in [6, 6.07) is 2.80. The highest BCUT2D eigenvalue weighted by molar-refractivity contribution is 6.01. The van der Waals surface area contributed by atoms with Crippen molar-refractivity contribution >= 4 is 17.6 Å². The van der Waals surface area contributed by atoms with Crippen molar-refractivity contribution in [1.29, 1.82) is 0 Å². The minimum Gasteiger partial charge on any atom is -0.468 e. The van der Waals surface area contributed by atoms with Crippen LogP contribution in [0.2, 0.25) is 0 Å². The first kappa shape index (κ1) is 22.5. The lowest BCUT2D eigenvalue weighted by Crippen LogP contribution is -2.29. The largest absolute Gasteiger partial charge is 0.468 e. The number of rotatable bonds is 7. The van der Waals surface area contributed by atoms with Crippen molar-refractivity contribution in [3.63, 3.8) is 0 Å². The number of ether oxygens (including phenoxy) is 1. The third kappa shape index (κ3) is 4.93. The minimum atomic E-state index is -4.47. The van der Waals surface area contributed by atoms with Gasteiger partial charge in [-0.15, -0.1) is 0 Å². The predicted octanol–water partition coefficient (Wildman–Crippen LogP) is 2.76. The van der Waals surface area contributed by atoms with E-state index in [9.17, 15) is 22.8 Å². The SMILES string of the molecule is CCC(c1cnc(OCC(F)(F)F)c(C)c1)N1Cc2c(ccnc2NC(=O)CO)C1=O. The molecule has 1 unspecified atom stereocenters. The molecule has 0 aliphatic carbocycles. The molecule has 11 heteroatoms. The zero-order valence-corrected chi connectivity index (χ0v) is 16.9. The van der Waals surface area contributed by atoms with E-state index in [0.29, 0.717) is 28.7 Å². The highest BCUT2D eigenvalue weighted by atomic mass is 19.4. The lowest BCUT2D eigenvalue weighted by atomic mass is 10.0. The Morgan fingerprint density at radius 3 is 2.74 bits per heavy atom. The van der Waals surface area contributed by atoms with E-state index in [1.54, 1.807) is 24.0 Å². The molecule has 2 aromatic heterocycles. The van der Waals surface area contributed by atoms with E-state index in [4.69, 9.17) is 9.84 Å². The van der Waals surface area contributed by atoms with Crippen LogP contribution < -0.4 is 10.1 Å². The number of hydrogen-bond acceptors (Lipinski definition) is 6. The number of halogens is 3. The van der Waals surface area contributed by atoms with Crippen molar-refractivity contribution in [3.8, 4) is 5.88 Å². The van der Waals surface area contributed by atoms with Crippen LogP contribution in [-0.4, -0.2) is 51.2 Å². The molecule has 2 aromatic rings. The molecule has 0 saturated carbocycles. The number of anilines is 1. The van der Waals surface area contributed by atoms with Crippen LogP contribution in [0, 0.1) is 6.92 Å². The van der Waals surface area contributed by atoms with Gasteiger partial charge < -0.3 is 20.1 Å². The van der Waals surface area contributed by atoms with Crippen molar-refractivity contribution in [2.45, 2.75) is 39.0 Å². The van der Waals surface area contributed by atoms with Crippen LogP contribution in [-0.2, 0) is 11.3 Å². The molecule has 0 bridgehead atoms. The standard InChI is InChI=1S/C20H21F3N4O4/c1-3-15(12-6-11(2)18(25-7-12)31-10-20(21,22)23)27-8-14-13(19(27)30)4-5-24-17(14)26-16(29)9-28/h4-7,15,28H,3,8-10H2,1-2H3,(H,24,26,29). The molecule has 3 heterocycles. The average Bonchev–Trinajstić information content (AvgIpc) is 3.05. The normalized spacial score (nSPS) is 14.4. The van der Waals surface area contributed by atoms with Crippen molar-refractivity contribution in [1.82, 2.24) is 14.9 Å². The molecular weight excluding hydrogens is 417 g/mol. The second kappa shape index (κ2) is 8.88. The number of alkyl halides is 3. The smallest absolute Gasteiger partial charge is 0.422 e. The van der Waals surface area contributed by atoms with Gasteiger partial charge in [0.05, 0.1) is 12.6 Å². The summed E-state index contributed by atoms with van der Waals surface area (Å²) in [6.45, 7) is 1.48. The number of fused-ring (bicyclic) bond motifs is 1. The highest BCUT2D eigenvalue weighted by Crippen LogP contribution is 2.36. The van der Waals surface area contributed by atoms with E-state index in [-0.39, 0.29) is 24.1 Å². The van der Waals surface area contributed by atoms with Gasteiger partial charge in [0.15, 0.2) is 6.61 Å². The number of aliphatic hydroxyl groups excluding tert-OH is 1. The summed E-state index contributed by atoms with van der Waals surface area (Å²) < 4.78 is 42.0. The fourth-order valence-electron chi connectivity index (χ4n) is 3.48. The van der Waals surface area contributed by atoms with Crippen LogP contribution in [0.3, 0.4) is 0 Å². The lowest BCUT2D eigenvalue weighted by molar-refractivity contribution is -0.154. The maximum Gasteiger partial charge on any atom is 0.422 e. The Kier molecular flexibility index (Phi) is 6.44. The van der Waals surface area contributed by atoms with Gasteiger partial charge in [0.1, 0.15) is 12.4 Å². The van der Waals surface area contributed by atoms with E-state index in [0.717, 1.165) is 0 Å². The van der Waals surface area contributed by atoms with Crippen molar-refractivity contribution in [2.24, 2.45) is 0 Å². The molecule has 31 heavy (non-hydrogen) atoms. The number of aliphatic hydroxyl groups is 1. The van der Waals surface area contributed by atoms with Gasteiger partial charge in [0, 0.05) is 29.1 Å². The number of amides is 2. The predicted molar refractivity (Wildman–Crippen MR) is 103 cm³/mol. The second-order valence-corrected chi connectivity index (χ2v) is 7.04. The highest BCUT2D eigenvalue weighted by Gasteiger charge is 2.35. The Labute approximate surface area is 176 Å². The summed E-state index contributed by atoms with van der Waals surface area (Å²) in [7, 11) is 0. The number of nitrogens with zero attached hydrogens (tertiary/aromatic N) is 3. The van der Waals surface area contributed by atoms with Gasteiger partial charge in [-0.2, -0.15) is 13.2 Å². The van der Waals surface area contributed by atoms with E-state index >= 15 is 0 Å². The van der Waals surface area contributed by atoms with Crippen LogP contribution in [0.25, 0.3) is 0 Å². The minimum absolute atomic E-state index is 0.120. The Morgan fingerprint density at radius 2 is 2.13 bits per heavy atom. The van der Waals surface area contributed by atoms with Crippen LogP contribution in [0.1, 0.15) is 46.4 Å². The Morgan fingerprint density at radius 1 is 1.39 bits per heavy atom. The fourth-order valence-corrected chi connectivity index (χ4v) is 3.48. The van der Waals surface area contributed by atoms with Gasteiger partial charge >= 0.3 is 6.18 Å². The van der Waals surface area contributed by atoms with Gasteiger partial charge in [-0.1, -0.05) is 6.92 Å². The number of aromatic nitrogens is 2. The zero-order chi connectivity index (χ0) is 22.8. The molecule has 0 saturated heterocycles. The molecule has 0 spiro atoms. The molecule has 1 aliphatic rings. The zero-order valence-electron chi connectivity index (χ0n) is 16.9. The summed E-state index contributed by atoms with van der Waals surface area (Å²) in [5.74, 6) is -0.829. The summed E-state index contributed by atoms with van der Waals surface area (Å²) in [5.41, 5.74) is 1.98. The van der Waals surface area contributed by atoms with Gasteiger partial charge in [0.2, 0.25) is 5.88 Å².